The van der Waals surface area contributed by atoms with Gasteiger partial charge < -0.3 is 5.32 Å². The van der Waals surface area contributed by atoms with Crippen LogP contribution in [0.2, 0.25) is 0 Å². The number of hydrogen-bond acceptors (Lipinski definition) is 2. The van der Waals surface area contributed by atoms with Crippen LogP contribution in [0, 0.1) is 6.92 Å². The molecule has 1 saturated carbocycles. The van der Waals surface area contributed by atoms with Crippen molar-refractivity contribution in [2.75, 3.05) is 0 Å². The van der Waals surface area contributed by atoms with E-state index in [0.29, 0.717) is 6.04 Å². The minimum atomic E-state index is -0.240. The standard InChI is InChI=1S/C10H14BrN3O/c1-6-9(11)5-14(13-6)7(2)10(15)12-8-3-4-8/h5,7-8H,3-4H2,1-2H3,(H,12,15). The molecule has 1 N–H and O–H groups in total. The molecule has 4 nitrogen and oxygen atoms in total. The molecule has 1 fully saturated rings. The monoisotopic (exact) mass is 271 g/mol. The van der Waals surface area contributed by atoms with Crippen molar-refractivity contribution in [2.24, 2.45) is 0 Å². The summed E-state index contributed by atoms with van der Waals surface area (Å²) in [5.74, 6) is 0.0486. The van der Waals surface area contributed by atoms with E-state index in [4.69, 9.17) is 0 Å². The minimum Gasteiger partial charge on any atom is -0.352 e. The first-order valence-corrected chi connectivity index (χ1v) is 5.89. The number of carbonyl (C=O) groups excluding carboxylic acids is 1. The maximum atomic E-state index is 11.7. The van der Waals surface area contributed by atoms with Gasteiger partial charge in [-0.1, -0.05) is 0 Å². The molecule has 1 aromatic heterocycles. The van der Waals surface area contributed by atoms with E-state index in [1.807, 2.05) is 20.0 Å². The Balaban J connectivity index is 2.05. The van der Waals surface area contributed by atoms with E-state index >= 15 is 0 Å². The summed E-state index contributed by atoms with van der Waals surface area (Å²) in [6.45, 7) is 3.77. The van der Waals surface area contributed by atoms with E-state index in [1.165, 1.54) is 0 Å². The number of rotatable bonds is 3. The second kappa shape index (κ2) is 3.96. The second-order valence-electron chi connectivity index (χ2n) is 4.00. The highest BCUT2D eigenvalue weighted by molar-refractivity contribution is 9.10. The van der Waals surface area contributed by atoms with Crippen LogP contribution in [0.4, 0.5) is 0 Å². The molecule has 0 saturated heterocycles. The molecule has 2 rings (SSSR count). The topological polar surface area (TPSA) is 46.9 Å². The zero-order valence-corrected chi connectivity index (χ0v) is 10.4. The summed E-state index contributed by atoms with van der Waals surface area (Å²) in [5, 5.41) is 7.23. The molecule has 15 heavy (non-hydrogen) atoms. The number of aromatic nitrogens is 2. The Morgan fingerprint density at radius 1 is 1.73 bits per heavy atom. The summed E-state index contributed by atoms with van der Waals surface area (Å²) in [6.07, 6.45) is 4.06. The van der Waals surface area contributed by atoms with Gasteiger partial charge in [0.2, 0.25) is 5.91 Å². The predicted octanol–water partition coefficient (Wildman–Crippen LogP) is 1.79. The van der Waals surface area contributed by atoms with Crippen LogP contribution in [0.15, 0.2) is 10.7 Å². The van der Waals surface area contributed by atoms with Crippen molar-refractivity contribution in [1.29, 1.82) is 0 Å². The van der Waals surface area contributed by atoms with Gasteiger partial charge in [0, 0.05) is 12.2 Å². The van der Waals surface area contributed by atoms with E-state index in [1.54, 1.807) is 4.68 Å². The van der Waals surface area contributed by atoms with Crippen LogP contribution >= 0.6 is 15.9 Å². The minimum absolute atomic E-state index is 0.0486. The lowest BCUT2D eigenvalue weighted by Crippen LogP contribution is -2.32. The van der Waals surface area contributed by atoms with Gasteiger partial charge in [-0.15, -0.1) is 0 Å². The molecule has 1 unspecified atom stereocenters. The first-order valence-electron chi connectivity index (χ1n) is 5.09. The van der Waals surface area contributed by atoms with Gasteiger partial charge in [0.25, 0.3) is 0 Å². The third-order valence-electron chi connectivity index (χ3n) is 2.56. The van der Waals surface area contributed by atoms with E-state index < -0.39 is 0 Å². The fourth-order valence-electron chi connectivity index (χ4n) is 1.33. The molecule has 0 aromatic carbocycles. The van der Waals surface area contributed by atoms with Crippen LogP contribution in [0.1, 0.15) is 31.5 Å². The van der Waals surface area contributed by atoms with E-state index in [2.05, 4.69) is 26.3 Å². The lowest BCUT2D eigenvalue weighted by Gasteiger charge is -2.11. The van der Waals surface area contributed by atoms with Crippen molar-refractivity contribution in [1.82, 2.24) is 15.1 Å². The summed E-state index contributed by atoms with van der Waals surface area (Å²) in [4.78, 5) is 11.7. The maximum absolute atomic E-state index is 11.7. The number of hydrogen-bond donors (Lipinski definition) is 1. The smallest absolute Gasteiger partial charge is 0.244 e. The molecule has 1 atom stereocenters. The molecule has 0 bridgehead atoms. The fraction of sp³-hybridized carbons (Fsp3) is 0.600. The molecular formula is C10H14BrN3O. The SMILES string of the molecule is Cc1nn(C(C)C(=O)NC2CC2)cc1Br. The van der Waals surface area contributed by atoms with Crippen molar-refractivity contribution in [3.63, 3.8) is 0 Å². The van der Waals surface area contributed by atoms with E-state index in [-0.39, 0.29) is 11.9 Å². The summed E-state index contributed by atoms with van der Waals surface area (Å²) < 4.78 is 2.63. The van der Waals surface area contributed by atoms with Crippen molar-refractivity contribution in [3.8, 4) is 0 Å². The van der Waals surface area contributed by atoms with Gasteiger partial charge in [0.15, 0.2) is 0 Å². The van der Waals surface area contributed by atoms with Gasteiger partial charge in [-0.2, -0.15) is 5.10 Å². The lowest BCUT2D eigenvalue weighted by atomic mass is 10.3. The zero-order chi connectivity index (χ0) is 11.0. The van der Waals surface area contributed by atoms with Crippen molar-refractivity contribution in [2.45, 2.75) is 38.8 Å². The van der Waals surface area contributed by atoms with Crippen LogP contribution < -0.4 is 5.32 Å². The molecular weight excluding hydrogens is 258 g/mol. The van der Waals surface area contributed by atoms with Gasteiger partial charge in [0.05, 0.1) is 10.2 Å². The Labute approximate surface area is 97.2 Å². The summed E-state index contributed by atoms with van der Waals surface area (Å²) in [6, 6.07) is 0.163. The molecule has 0 radical (unpaired) electrons. The first-order chi connectivity index (χ1) is 7.08. The van der Waals surface area contributed by atoms with Crippen LogP contribution in [0.3, 0.4) is 0 Å². The molecule has 1 amide bonds. The van der Waals surface area contributed by atoms with Gasteiger partial charge in [0.1, 0.15) is 6.04 Å². The lowest BCUT2D eigenvalue weighted by molar-refractivity contribution is -0.124. The van der Waals surface area contributed by atoms with Gasteiger partial charge in [-0.25, -0.2) is 0 Å². The van der Waals surface area contributed by atoms with Crippen LogP contribution in [0.5, 0.6) is 0 Å². The molecule has 1 aromatic rings. The van der Waals surface area contributed by atoms with Gasteiger partial charge >= 0.3 is 0 Å². The second-order valence-corrected chi connectivity index (χ2v) is 4.86. The quantitative estimate of drug-likeness (QED) is 0.911. The first kappa shape index (κ1) is 10.7. The van der Waals surface area contributed by atoms with Gasteiger partial charge in [-0.05, 0) is 42.6 Å². The van der Waals surface area contributed by atoms with Gasteiger partial charge in [-0.3, -0.25) is 9.48 Å². The summed E-state index contributed by atoms with van der Waals surface area (Å²) in [5.41, 5.74) is 0.904. The third-order valence-corrected chi connectivity index (χ3v) is 3.34. The Morgan fingerprint density at radius 2 is 2.40 bits per heavy atom. The average Bonchev–Trinajstić information content (AvgIpc) is 2.93. The Morgan fingerprint density at radius 3 is 2.87 bits per heavy atom. The maximum Gasteiger partial charge on any atom is 0.244 e. The number of carbonyl (C=O) groups is 1. The number of nitrogens with one attached hydrogen (secondary N) is 1. The number of nitrogens with zero attached hydrogens (tertiary/aromatic N) is 2. The highest BCUT2D eigenvalue weighted by Crippen LogP contribution is 2.21. The van der Waals surface area contributed by atoms with Crippen molar-refractivity contribution in [3.05, 3.63) is 16.4 Å². The van der Waals surface area contributed by atoms with Crippen molar-refractivity contribution >= 4 is 21.8 Å². The molecule has 5 heteroatoms. The Kier molecular flexibility index (Phi) is 2.82. The average molecular weight is 272 g/mol. The predicted molar refractivity (Wildman–Crippen MR) is 60.5 cm³/mol. The van der Waals surface area contributed by atoms with E-state index in [9.17, 15) is 4.79 Å². The van der Waals surface area contributed by atoms with Crippen molar-refractivity contribution < 1.29 is 4.79 Å². The number of halogens is 1. The molecule has 1 heterocycles. The summed E-state index contributed by atoms with van der Waals surface area (Å²) in [7, 11) is 0. The summed E-state index contributed by atoms with van der Waals surface area (Å²) >= 11 is 3.38. The molecule has 82 valence electrons. The Bertz CT molecular complexity index is 365. The molecule has 1 aliphatic carbocycles. The highest BCUT2D eigenvalue weighted by Gasteiger charge is 2.26. The van der Waals surface area contributed by atoms with Crippen LogP contribution in [0.25, 0.3) is 0 Å². The van der Waals surface area contributed by atoms with Crippen LogP contribution in [-0.2, 0) is 4.79 Å². The zero-order valence-electron chi connectivity index (χ0n) is 8.83. The largest absolute Gasteiger partial charge is 0.352 e. The van der Waals surface area contributed by atoms with Crippen LogP contribution in [-0.4, -0.2) is 21.7 Å². The molecule has 1 aliphatic rings. The number of amides is 1. The highest BCUT2D eigenvalue weighted by atomic mass is 79.9. The van der Waals surface area contributed by atoms with E-state index in [0.717, 1.165) is 23.0 Å². The normalized spacial score (nSPS) is 17.5. The molecule has 0 spiro atoms. The third kappa shape index (κ3) is 2.40. The fourth-order valence-corrected chi connectivity index (χ4v) is 1.62. The number of aryl methyl sites for hydroxylation is 1. The Hall–Kier alpha value is -0.840. The molecule has 0 aliphatic heterocycles.